The zero-order valence-corrected chi connectivity index (χ0v) is 7.29. The van der Waals surface area contributed by atoms with Crippen LogP contribution < -0.4 is 5.49 Å². The van der Waals surface area contributed by atoms with Crippen LogP contribution in [0.25, 0.3) is 0 Å². The van der Waals surface area contributed by atoms with E-state index >= 15 is 0 Å². The van der Waals surface area contributed by atoms with Crippen molar-refractivity contribution in [1.82, 2.24) is 4.98 Å². The zero-order chi connectivity index (χ0) is 7.40. The Kier molecular flexibility index (Phi) is 2.61. The molecule has 3 nitrogen and oxygen atoms in total. The fourth-order valence-electron chi connectivity index (χ4n) is 0.547. The van der Waals surface area contributed by atoms with Crippen LogP contribution >= 0.6 is 22.6 Å². The van der Waals surface area contributed by atoms with Gasteiger partial charge >= 0.3 is 0 Å². The van der Waals surface area contributed by atoms with Crippen LogP contribution in [-0.2, 0) is 0 Å². The van der Waals surface area contributed by atoms with Gasteiger partial charge in [-0.15, -0.1) is 0 Å². The molecule has 1 aromatic heterocycles. The number of rotatable bonds is 1. The largest absolute Gasteiger partial charge is 0.346 e. The third kappa shape index (κ3) is 1.94. The molecule has 0 unspecified atom stereocenters. The van der Waals surface area contributed by atoms with Crippen molar-refractivity contribution in [3.8, 4) is 0 Å². The fourth-order valence-corrected chi connectivity index (χ4v) is 0.883. The summed E-state index contributed by atoms with van der Waals surface area (Å²) in [7, 11) is 0. The van der Waals surface area contributed by atoms with E-state index in [1.807, 2.05) is 18.3 Å². The van der Waals surface area contributed by atoms with Gasteiger partial charge in [0, 0.05) is 9.77 Å². The van der Waals surface area contributed by atoms with Gasteiger partial charge in [-0.1, -0.05) is 0 Å². The highest BCUT2D eigenvalue weighted by atomic mass is 127. The van der Waals surface area contributed by atoms with E-state index in [9.17, 15) is 0 Å². The number of H-pyrrole nitrogens is 1. The summed E-state index contributed by atoms with van der Waals surface area (Å²) >= 11 is 2.19. The number of pyridine rings is 1. The summed E-state index contributed by atoms with van der Waals surface area (Å²) in [5.74, 6) is 0. The van der Waals surface area contributed by atoms with Gasteiger partial charge in [0.15, 0.2) is 0 Å². The molecule has 4 heteroatoms. The third-order valence-corrected chi connectivity index (χ3v) is 1.63. The van der Waals surface area contributed by atoms with E-state index in [0.717, 1.165) is 9.91 Å². The van der Waals surface area contributed by atoms with Crippen LogP contribution in [-0.4, -0.2) is 11.3 Å². The molecule has 1 heterocycles. The van der Waals surface area contributed by atoms with Gasteiger partial charge in [0.05, 0.1) is 0 Å². The standard InChI is InChI=1S/C6H6IN3/c7-5-1-2-6(9-3-5)10-4-8/h1-4H,(H2,8,9,10). The van der Waals surface area contributed by atoms with E-state index in [4.69, 9.17) is 5.41 Å². The van der Waals surface area contributed by atoms with Gasteiger partial charge in [-0.05, 0) is 34.7 Å². The number of nitrogens with zero attached hydrogens (tertiary/aromatic N) is 1. The predicted molar refractivity (Wildman–Crippen MR) is 47.9 cm³/mol. The van der Waals surface area contributed by atoms with Crippen molar-refractivity contribution in [2.75, 3.05) is 0 Å². The molecule has 10 heavy (non-hydrogen) atoms. The lowest BCUT2D eigenvalue weighted by molar-refractivity contribution is 1.16. The van der Waals surface area contributed by atoms with Crippen molar-refractivity contribution in [2.24, 2.45) is 4.99 Å². The summed E-state index contributed by atoms with van der Waals surface area (Å²) < 4.78 is 1.13. The summed E-state index contributed by atoms with van der Waals surface area (Å²) in [5, 5.41) is 6.68. The topological polar surface area (TPSA) is 52.0 Å². The first-order valence-corrected chi connectivity index (χ1v) is 3.78. The van der Waals surface area contributed by atoms with Crippen molar-refractivity contribution < 1.29 is 0 Å². The summed E-state index contributed by atoms with van der Waals surface area (Å²) in [6, 6.07) is 3.76. The Morgan fingerprint density at radius 2 is 2.40 bits per heavy atom. The molecule has 0 saturated heterocycles. The highest BCUT2D eigenvalue weighted by molar-refractivity contribution is 14.1. The Morgan fingerprint density at radius 1 is 1.60 bits per heavy atom. The van der Waals surface area contributed by atoms with E-state index in [0.29, 0.717) is 5.49 Å². The summed E-state index contributed by atoms with van der Waals surface area (Å²) in [6.45, 7) is 0. The number of aromatic nitrogens is 1. The number of nitrogens with one attached hydrogen (secondary N) is 2. The van der Waals surface area contributed by atoms with Gasteiger partial charge in [0.1, 0.15) is 11.8 Å². The second-order valence-corrected chi connectivity index (χ2v) is 2.90. The second-order valence-electron chi connectivity index (χ2n) is 1.65. The molecule has 1 aromatic rings. The van der Waals surface area contributed by atoms with Crippen molar-refractivity contribution >= 4 is 28.9 Å². The molecule has 0 aromatic carbocycles. The third-order valence-electron chi connectivity index (χ3n) is 0.962. The predicted octanol–water partition coefficient (Wildman–Crippen LogP) is 1.13. The first-order valence-electron chi connectivity index (χ1n) is 2.70. The molecular formula is C6H6IN3. The normalized spacial score (nSPS) is 11.5. The van der Waals surface area contributed by atoms with Crippen molar-refractivity contribution in [3.63, 3.8) is 0 Å². The van der Waals surface area contributed by atoms with Gasteiger partial charge in [0.25, 0.3) is 0 Å². The highest BCUT2D eigenvalue weighted by Gasteiger charge is 1.80. The average molecular weight is 247 g/mol. The minimum Gasteiger partial charge on any atom is -0.346 e. The Balaban J connectivity index is 3.11. The maximum atomic E-state index is 6.68. The minimum atomic E-state index is 0.704. The smallest absolute Gasteiger partial charge is 0.131 e. The van der Waals surface area contributed by atoms with Crippen LogP contribution in [0.5, 0.6) is 0 Å². The summed E-state index contributed by atoms with van der Waals surface area (Å²) in [4.78, 5) is 6.64. The Hall–Kier alpha value is -0.650. The lowest BCUT2D eigenvalue weighted by Crippen LogP contribution is -2.05. The molecule has 0 radical (unpaired) electrons. The monoisotopic (exact) mass is 247 g/mol. The molecule has 52 valence electrons. The molecule has 0 amide bonds. The van der Waals surface area contributed by atoms with E-state index in [2.05, 4.69) is 32.6 Å². The maximum absolute atomic E-state index is 6.68. The van der Waals surface area contributed by atoms with Crippen molar-refractivity contribution in [1.29, 1.82) is 5.41 Å². The van der Waals surface area contributed by atoms with Crippen molar-refractivity contribution in [3.05, 3.63) is 27.4 Å². The van der Waals surface area contributed by atoms with Crippen LogP contribution in [0.2, 0.25) is 0 Å². The molecule has 1 rings (SSSR count). The first kappa shape index (κ1) is 7.46. The van der Waals surface area contributed by atoms with Gasteiger partial charge in [-0.25, -0.2) is 4.99 Å². The zero-order valence-electron chi connectivity index (χ0n) is 5.13. The molecule has 0 aliphatic carbocycles. The maximum Gasteiger partial charge on any atom is 0.131 e. The molecule has 0 aliphatic heterocycles. The molecule has 2 N–H and O–H groups in total. The minimum absolute atomic E-state index is 0.704. The Bertz CT molecular complexity index is 269. The highest BCUT2D eigenvalue weighted by Crippen LogP contribution is 1.95. The number of aromatic amines is 1. The molecule has 0 bridgehead atoms. The van der Waals surface area contributed by atoms with E-state index in [-0.39, 0.29) is 0 Å². The van der Waals surface area contributed by atoms with Gasteiger partial charge < -0.3 is 4.98 Å². The Labute approximate surface area is 71.9 Å². The molecular weight excluding hydrogens is 241 g/mol. The van der Waals surface area contributed by atoms with E-state index in [1.165, 1.54) is 0 Å². The SMILES string of the molecule is N=C/N=c1/ccc(I)c[nH]1. The molecule has 0 atom stereocenters. The van der Waals surface area contributed by atoms with E-state index in [1.54, 1.807) is 0 Å². The Morgan fingerprint density at radius 3 is 2.90 bits per heavy atom. The molecule has 0 saturated carbocycles. The van der Waals surface area contributed by atoms with Gasteiger partial charge in [0.2, 0.25) is 0 Å². The quantitative estimate of drug-likeness (QED) is 0.424. The molecule has 0 spiro atoms. The average Bonchev–Trinajstić information content (AvgIpc) is 1.95. The summed E-state index contributed by atoms with van der Waals surface area (Å²) in [5.41, 5.74) is 0.704. The lowest BCUT2D eigenvalue weighted by Gasteiger charge is -1.86. The van der Waals surface area contributed by atoms with Gasteiger partial charge in [-0.3, -0.25) is 5.41 Å². The molecule has 0 fully saturated rings. The first-order chi connectivity index (χ1) is 4.83. The van der Waals surface area contributed by atoms with Crippen LogP contribution in [0.4, 0.5) is 0 Å². The van der Waals surface area contributed by atoms with Crippen LogP contribution in [0.3, 0.4) is 0 Å². The lowest BCUT2D eigenvalue weighted by atomic mass is 10.5. The van der Waals surface area contributed by atoms with Gasteiger partial charge in [-0.2, -0.15) is 0 Å². The van der Waals surface area contributed by atoms with Crippen LogP contribution in [0.1, 0.15) is 0 Å². The van der Waals surface area contributed by atoms with Crippen molar-refractivity contribution in [2.45, 2.75) is 0 Å². The fraction of sp³-hybridized carbons (Fsp3) is 0. The van der Waals surface area contributed by atoms with Crippen LogP contribution in [0.15, 0.2) is 23.3 Å². The van der Waals surface area contributed by atoms with E-state index < -0.39 is 0 Å². The number of halogens is 1. The second kappa shape index (κ2) is 3.50. The molecule has 0 aliphatic rings. The summed E-state index contributed by atoms with van der Waals surface area (Å²) in [6.07, 6.45) is 2.85. The van der Waals surface area contributed by atoms with Crippen LogP contribution in [0, 0.1) is 8.98 Å². The number of hydrogen-bond donors (Lipinski definition) is 2. The number of hydrogen-bond acceptors (Lipinski definition) is 1.